The molecule has 3 nitrogen and oxygen atoms in total. The van der Waals surface area contributed by atoms with E-state index in [9.17, 15) is 4.79 Å². The highest BCUT2D eigenvalue weighted by atomic mass is 16.1. The van der Waals surface area contributed by atoms with E-state index in [4.69, 9.17) is 0 Å². The molecule has 1 amide bonds. The molecule has 2 atom stereocenters. The monoisotopic (exact) mass is 376 g/mol. The summed E-state index contributed by atoms with van der Waals surface area (Å²) >= 11 is 0. The molecule has 3 heteroatoms. The number of hydrogen-bond acceptors (Lipinski definition) is 2. The van der Waals surface area contributed by atoms with E-state index >= 15 is 0 Å². The van der Waals surface area contributed by atoms with Gasteiger partial charge >= 0.3 is 0 Å². The van der Waals surface area contributed by atoms with Gasteiger partial charge in [0.2, 0.25) is 0 Å². The van der Waals surface area contributed by atoms with E-state index in [1.54, 1.807) is 0 Å². The Balaban J connectivity index is 1.35. The number of carbonyl (C=O) groups excluding carboxylic acids is 1. The molecule has 0 aromatic heterocycles. The minimum Gasteiger partial charge on any atom is -0.346 e. The molecule has 2 aliphatic rings. The number of aryl methyl sites for hydroxylation is 2. The van der Waals surface area contributed by atoms with Gasteiger partial charge in [0, 0.05) is 18.7 Å². The molecule has 0 unspecified atom stereocenters. The molecule has 0 spiro atoms. The van der Waals surface area contributed by atoms with Gasteiger partial charge in [-0.3, -0.25) is 9.69 Å². The second kappa shape index (κ2) is 8.48. The summed E-state index contributed by atoms with van der Waals surface area (Å²) in [5, 5.41) is 3.16. The van der Waals surface area contributed by atoms with Crippen molar-refractivity contribution >= 4 is 5.91 Å². The van der Waals surface area contributed by atoms with E-state index in [-0.39, 0.29) is 11.9 Å². The zero-order valence-electron chi connectivity index (χ0n) is 17.2. The SMILES string of the molecule is C[C@@H]1CCCN(Cc2ccc(C(=O)N[C@H](C)c3ccc4c(c3)CCC4)cc2)C1. The van der Waals surface area contributed by atoms with Crippen molar-refractivity contribution in [3.8, 4) is 0 Å². The zero-order valence-corrected chi connectivity index (χ0v) is 17.2. The average molecular weight is 377 g/mol. The molecular weight excluding hydrogens is 344 g/mol. The molecule has 1 heterocycles. The van der Waals surface area contributed by atoms with Crippen LogP contribution < -0.4 is 5.32 Å². The molecule has 1 N–H and O–H groups in total. The number of piperidine rings is 1. The number of fused-ring (bicyclic) bond motifs is 1. The van der Waals surface area contributed by atoms with Crippen molar-refractivity contribution < 1.29 is 4.79 Å². The van der Waals surface area contributed by atoms with E-state index in [1.807, 2.05) is 12.1 Å². The van der Waals surface area contributed by atoms with Gasteiger partial charge in [0.15, 0.2) is 0 Å². The van der Waals surface area contributed by atoms with Gasteiger partial charge in [0.1, 0.15) is 0 Å². The second-order valence-electron chi connectivity index (χ2n) is 8.76. The highest BCUT2D eigenvalue weighted by Gasteiger charge is 2.17. The van der Waals surface area contributed by atoms with Crippen LogP contribution in [0.3, 0.4) is 0 Å². The molecule has 0 radical (unpaired) electrons. The highest BCUT2D eigenvalue weighted by Crippen LogP contribution is 2.25. The Bertz CT molecular complexity index is 827. The van der Waals surface area contributed by atoms with Crippen LogP contribution in [0, 0.1) is 5.92 Å². The number of hydrogen-bond donors (Lipinski definition) is 1. The summed E-state index contributed by atoms with van der Waals surface area (Å²) < 4.78 is 0. The summed E-state index contributed by atoms with van der Waals surface area (Å²) in [6.45, 7) is 7.76. The third-order valence-corrected chi connectivity index (χ3v) is 6.33. The Morgan fingerprint density at radius 2 is 1.89 bits per heavy atom. The lowest BCUT2D eigenvalue weighted by atomic mass is 9.99. The van der Waals surface area contributed by atoms with Crippen LogP contribution >= 0.6 is 0 Å². The molecule has 2 aromatic rings. The van der Waals surface area contributed by atoms with Crippen molar-refractivity contribution in [2.24, 2.45) is 5.92 Å². The number of nitrogens with zero attached hydrogens (tertiary/aromatic N) is 1. The van der Waals surface area contributed by atoms with Crippen molar-refractivity contribution in [2.45, 2.75) is 58.5 Å². The van der Waals surface area contributed by atoms with Crippen molar-refractivity contribution in [3.05, 3.63) is 70.3 Å². The molecule has 0 bridgehead atoms. The quantitative estimate of drug-likeness (QED) is 0.805. The van der Waals surface area contributed by atoms with Gasteiger partial charge in [0.05, 0.1) is 6.04 Å². The van der Waals surface area contributed by atoms with Crippen LogP contribution in [0.2, 0.25) is 0 Å². The molecule has 148 valence electrons. The van der Waals surface area contributed by atoms with Crippen LogP contribution in [0.15, 0.2) is 42.5 Å². The molecule has 1 aliphatic carbocycles. The van der Waals surface area contributed by atoms with Crippen LogP contribution in [0.1, 0.15) is 71.8 Å². The lowest BCUT2D eigenvalue weighted by Gasteiger charge is -2.30. The molecule has 0 saturated carbocycles. The van der Waals surface area contributed by atoms with Crippen molar-refractivity contribution in [2.75, 3.05) is 13.1 Å². The van der Waals surface area contributed by atoms with Crippen molar-refractivity contribution in [1.29, 1.82) is 0 Å². The lowest BCUT2D eigenvalue weighted by molar-refractivity contribution is 0.0940. The topological polar surface area (TPSA) is 32.3 Å². The zero-order chi connectivity index (χ0) is 19.5. The Hall–Kier alpha value is -2.13. The van der Waals surface area contributed by atoms with Crippen molar-refractivity contribution in [3.63, 3.8) is 0 Å². The summed E-state index contributed by atoms with van der Waals surface area (Å²) in [5.41, 5.74) is 6.15. The van der Waals surface area contributed by atoms with Crippen LogP contribution in [0.4, 0.5) is 0 Å². The summed E-state index contributed by atoms with van der Waals surface area (Å²) in [4.78, 5) is 15.2. The van der Waals surface area contributed by atoms with E-state index in [2.05, 4.69) is 54.4 Å². The number of likely N-dealkylation sites (tertiary alicyclic amines) is 1. The van der Waals surface area contributed by atoms with Gasteiger partial charge in [-0.25, -0.2) is 0 Å². The van der Waals surface area contributed by atoms with Crippen LogP contribution in [-0.4, -0.2) is 23.9 Å². The minimum absolute atomic E-state index is 0.00569. The number of nitrogens with one attached hydrogen (secondary N) is 1. The maximum absolute atomic E-state index is 12.7. The largest absolute Gasteiger partial charge is 0.346 e. The van der Waals surface area contributed by atoms with Crippen molar-refractivity contribution in [1.82, 2.24) is 10.2 Å². The lowest BCUT2D eigenvalue weighted by Crippen LogP contribution is -2.33. The summed E-state index contributed by atoms with van der Waals surface area (Å²) in [5.74, 6) is 0.797. The predicted octanol–water partition coefficient (Wildman–Crippen LogP) is 4.90. The fourth-order valence-corrected chi connectivity index (χ4v) is 4.67. The fraction of sp³-hybridized carbons (Fsp3) is 0.480. The third kappa shape index (κ3) is 4.47. The molecule has 1 saturated heterocycles. The first-order valence-corrected chi connectivity index (χ1v) is 10.8. The summed E-state index contributed by atoms with van der Waals surface area (Å²) in [6, 6.07) is 14.8. The standard InChI is InChI=1S/C25H32N2O/c1-18-5-4-14-27(16-18)17-20-8-10-22(11-9-20)25(28)26-19(2)23-13-12-21-6-3-7-24(21)15-23/h8-13,15,18-19H,3-7,14,16-17H2,1-2H3,(H,26,28)/t18-,19-/m1/s1. The maximum Gasteiger partial charge on any atom is 0.251 e. The maximum atomic E-state index is 12.7. The number of carbonyl (C=O) groups is 1. The summed E-state index contributed by atoms with van der Waals surface area (Å²) in [7, 11) is 0. The van der Waals surface area contributed by atoms with Gasteiger partial charge in [-0.05, 0) is 85.9 Å². The van der Waals surface area contributed by atoms with Crippen LogP contribution in [0.5, 0.6) is 0 Å². The fourth-order valence-electron chi connectivity index (χ4n) is 4.67. The molecular formula is C25H32N2O. The first kappa shape index (κ1) is 19.2. The second-order valence-corrected chi connectivity index (χ2v) is 8.76. The van der Waals surface area contributed by atoms with Gasteiger partial charge in [-0.1, -0.05) is 37.3 Å². The Kier molecular flexibility index (Phi) is 5.82. The van der Waals surface area contributed by atoms with E-state index < -0.39 is 0 Å². The first-order valence-electron chi connectivity index (χ1n) is 10.8. The average Bonchev–Trinajstić information content (AvgIpc) is 3.16. The van der Waals surface area contributed by atoms with Gasteiger partial charge in [-0.2, -0.15) is 0 Å². The van der Waals surface area contributed by atoms with Crippen LogP contribution in [-0.2, 0) is 19.4 Å². The normalized spacial score (nSPS) is 20.6. The van der Waals surface area contributed by atoms with Crippen LogP contribution in [0.25, 0.3) is 0 Å². The van der Waals surface area contributed by atoms with Gasteiger partial charge < -0.3 is 5.32 Å². The smallest absolute Gasteiger partial charge is 0.251 e. The Morgan fingerprint density at radius 1 is 1.11 bits per heavy atom. The number of rotatable bonds is 5. The molecule has 1 fully saturated rings. The van der Waals surface area contributed by atoms with Gasteiger partial charge in [-0.15, -0.1) is 0 Å². The summed E-state index contributed by atoms with van der Waals surface area (Å²) in [6.07, 6.45) is 6.25. The highest BCUT2D eigenvalue weighted by molar-refractivity contribution is 5.94. The van der Waals surface area contributed by atoms with Gasteiger partial charge in [0.25, 0.3) is 5.91 Å². The number of amides is 1. The third-order valence-electron chi connectivity index (χ3n) is 6.33. The van der Waals surface area contributed by atoms with E-state index in [1.165, 1.54) is 67.4 Å². The van der Waals surface area contributed by atoms with E-state index in [0.717, 1.165) is 18.0 Å². The molecule has 2 aromatic carbocycles. The first-order chi connectivity index (χ1) is 13.6. The molecule has 4 rings (SSSR count). The molecule has 28 heavy (non-hydrogen) atoms. The Labute approximate surface area is 169 Å². The molecule has 1 aliphatic heterocycles. The van der Waals surface area contributed by atoms with E-state index in [0.29, 0.717) is 0 Å². The minimum atomic E-state index is 0.00569. The Morgan fingerprint density at radius 3 is 2.68 bits per heavy atom. The predicted molar refractivity (Wildman–Crippen MR) is 114 cm³/mol. The number of benzene rings is 2.